The van der Waals surface area contributed by atoms with Crippen LogP contribution in [0.2, 0.25) is 10.0 Å². The third-order valence-corrected chi connectivity index (χ3v) is 4.84. The predicted molar refractivity (Wildman–Crippen MR) is 105 cm³/mol. The summed E-state index contributed by atoms with van der Waals surface area (Å²) in [5.41, 5.74) is 0.191. The first-order chi connectivity index (χ1) is 13.1. The van der Waals surface area contributed by atoms with Crippen LogP contribution in [0.1, 0.15) is 42.7 Å². The highest BCUT2D eigenvalue weighted by atomic mass is 35.5. The maximum Gasteiger partial charge on any atom is 0.254 e. The van der Waals surface area contributed by atoms with E-state index >= 15 is 0 Å². The van der Waals surface area contributed by atoms with Crippen LogP contribution in [-0.2, 0) is 4.79 Å². The normalized spacial score (nSPS) is 13.1. The molecule has 2 aromatic rings. The lowest BCUT2D eigenvalue weighted by atomic mass is 10.0. The van der Waals surface area contributed by atoms with E-state index in [0.29, 0.717) is 5.56 Å². The summed E-state index contributed by atoms with van der Waals surface area (Å²) in [4.78, 5) is 25.1. The van der Waals surface area contributed by atoms with Crippen molar-refractivity contribution in [3.05, 3.63) is 69.2 Å². The lowest BCUT2D eigenvalue weighted by molar-refractivity contribution is -0.124. The van der Waals surface area contributed by atoms with Crippen LogP contribution in [0.3, 0.4) is 0 Å². The van der Waals surface area contributed by atoms with E-state index in [1.807, 2.05) is 0 Å². The smallest absolute Gasteiger partial charge is 0.254 e. The summed E-state index contributed by atoms with van der Waals surface area (Å²) < 4.78 is 27.6. The molecule has 2 unspecified atom stereocenters. The van der Waals surface area contributed by atoms with Gasteiger partial charge in [0.2, 0.25) is 5.91 Å². The molecule has 2 rings (SSSR count). The molecule has 0 heterocycles. The number of hydrogen-bond acceptors (Lipinski definition) is 2. The Bertz CT molecular complexity index is 891. The maximum absolute atomic E-state index is 13.8. The molecule has 0 fully saturated rings. The zero-order valence-corrected chi connectivity index (χ0v) is 17.0. The van der Waals surface area contributed by atoms with Gasteiger partial charge in [-0.1, -0.05) is 49.2 Å². The Hall–Kier alpha value is -2.18. The molecular weight excluding hydrogens is 409 g/mol. The van der Waals surface area contributed by atoms with Crippen molar-refractivity contribution in [2.75, 3.05) is 0 Å². The Kier molecular flexibility index (Phi) is 7.38. The summed E-state index contributed by atoms with van der Waals surface area (Å²) in [7, 11) is 0. The molecular formula is C20H20Cl2F2N2O2. The second kappa shape index (κ2) is 9.34. The third-order valence-electron chi connectivity index (χ3n) is 4.22. The molecule has 0 aliphatic heterocycles. The molecule has 28 heavy (non-hydrogen) atoms. The lowest BCUT2D eigenvalue weighted by Crippen LogP contribution is -2.50. The minimum atomic E-state index is -0.925. The second-order valence-electron chi connectivity index (χ2n) is 6.69. The largest absolute Gasteiger partial charge is 0.348 e. The quantitative estimate of drug-likeness (QED) is 0.642. The molecule has 0 saturated heterocycles. The Balaban J connectivity index is 2.16. The minimum Gasteiger partial charge on any atom is -0.348 e. The van der Waals surface area contributed by atoms with Crippen LogP contribution in [0, 0.1) is 17.6 Å². The molecule has 2 aromatic carbocycles. The van der Waals surface area contributed by atoms with Gasteiger partial charge in [-0.15, -0.1) is 0 Å². The van der Waals surface area contributed by atoms with Gasteiger partial charge >= 0.3 is 0 Å². The maximum atomic E-state index is 13.8. The van der Waals surface area contributed by atoms with Crippen molar-refractivity contribution in [1.82, 2.24) is 10.6 Å². The standard InChI is InChI=1S/C20H20Cl2F2N2O2/c1-10(2)18(26-19(27)12-6-4-5-7-16(12)23)20(28)25-11(3)13-8-17(24)15(22)9-14(13)21/h4-11,18H,1-3H3,(H,25,28)(H,26,27). The van der Waals surface area contributed by atoms with E-state index in [1.165, 1.54) is 30.3 Å². The van der Waals surface area contributed by atoms with Crippen LogP contribution in [0.5, 0.6) is 0 Å². The first kappa shape index (κ1) is 22.1. The summed E-state index contributed by atoms with van der Waals surface area (Å²) in [5, 5.41) is 5.32. The molecule has 8 heteroatoms. The summed E-state index contributed by atoms with van der Waals surface area (Å²) >= 11 is 11.8. The van der Waals surface area contributed by atoms with E-state index in [9.17, 15) is 18.4 Å². The molecule has 0 aliphatic rings. The Morgan fingerprint density at radius 3 is 2.18 bits per heavy atom. The van der Waals surface area contributed by atoms with E-state index in [0.717, 1.165) is 6.07 Å². The van der Waals surface area contributed by atoms with Gasteiger partial charge in [0, 0.05) is 5.02 Å². The molecule has 0 spiro atoms. The number of carbonyl (C=O) groups is 2. The highest BCUT2D eigenvalue weighted by molar-refractivity contribution is 6.35. The Morgan fingerprint density at radius 2 is 1.57 bits per heavy atom. The fraction of sp³-hybridized carbons (Fsp3) is 0.300. The number of nitrogens with one attached hydrogen (secondary N) is 2. The summed E-state index contributed by atoms with van der Waals surface area (Å²) in [6, 6.07) is 6.34. The Labute approximate surface area is 172 Å². The van der Waals surface area contributed by atoms with Crippen LogP contribution in [0.15, 0.2) is 36.4 Å². The van der Waals surface area contributed by atoms with Gasteiger partial charge in [0.05, 0.1) is 16.6 Å². The van der Waals surface area contributed by atoms with Crippen molar-refractivity contribution in [1.29, 1.82) is 0 Å². The summed E-state index contributed by atoms with van der Waals surface area (Å²) in [6.07, 6.45) is 0. The molecule has 2 atom stereocenters. The monoisotopic (exact) mass is 428 g/mol. The molecule has 2 amide bonds. The molecule has 150 valence electrons. The average Bonchev–Trinajstić information content (AvgIpc) is 2.62. The SMILES string of the molecule is CC(NC(=O)C(NC(=O)c1ccccc1F)C(C)C)c1cc(F)c(Cl)cc1Cl. The van der Waals surface area contributed by atoms with Gasteiger partial charge in [0.15, 0.2) is 0 Å². The van der Waals surface area contributed by atoms with E-state index in [4.69, 9.17) is 23.2 Å². The summed E-state index contributed by atoms with van der Waals surface area (Å²) in [6.45, 7) is 5.11. The first-order valence-electron chi connectivity index (χ1n) is 8.62. The minimum absolute atomic E-state index is 0.121. The van der Waals surface area contributed by atoms with E-state index in [1.54, 1.807) is 20.8 Å². The zero-order chi connectivity index (χ0) is 21.0. The van der Waals surface area contributed by atoms with Gasteiger partial charge in [0.25, 0.3) is 5.91 Å². The molecule has 0 saturated carbocycles. The molecule has 4 nitrogen and oxygen atoms in total. The summed E-state index contributed by atoms with van der Waals surface area (Å²) in [5.74, 6) is -2.82. The predicted octanol–water partition coefficient (Wildman–Crippen LogP) is 4.90. The third kappa shape index (κ3) is 5.20. The topological polar surface area (TPSA) is 58.2 Å². The van der Waals surface area contributed by atoms with E-state index in [-0.39, 0.29) is 21.5 Å². The van der Waals surface area contributed by atoms with Crippen molar-refractivity contribution >= 4 is 35.0 Å². The average molecular weight is 429 g/mol. The van der Waals surface area contributed by atoms with Crippen molar-refractivity contribution < 1.29 is 18.4 Å². The number of halogens is 4. The fourth-order valence-corrected chi connectivity index (χ4v) is 3.20. The lowest BCUT2D eigenvalue weighted by Gasteiger charge is -2.24. The van der Waals surface area contributed by atoms with Gasteiger partial charge in [-0.2, -0.15) is 0 Å². The molecule has 2 N–H and O–H groups in total. The first-order valence-corrected chi connectivity index (χ1v) is 9.37. The number of benzene rings is 2. The number of carbonyl (C=O) groups excluding carboxylic acids is 2. The van der Waals surface area contributed by atoms with Gasteiger partial charge in [-0.05, 0) is 42.7 Å². The van der Waals surface area contributed by atoms with Gasteiger partial charge in [-0.3, -0.25) is 9.59 Å². The second-order valence-corrected chi connectivity index (χ2v) is 7.51. The van der Waals surface area contributed by atoms with E-state index < -0.39 is 35.5 Å². The molecule has 0 aromatic heterocycles. The van der Waals surface area contributed by atoms with Gasteiger partial charge < -0.3 is 10.6 Å². The van der Waals surface area contributed by atoms with Gasteiger partial charge in [-0.25, -0.2) is 8.78 Å². The number of amides is 2. The highest BCUT2D eigenvalue weighted by Crippen LogP contribution is 2.28. The van der Waals surface area contributed by atoms with Crippen LogP contribution in [0.25, 0.3) is 0 Å². The van der Waals surface area contributed by atoms with Crippen LogP contribution in [-0.4, -0.2) is 17.9 Å². The Morgan fingerprint density at radius 1 is 0.929 bits per heavy atom. The fourth-order valence-electron chi connectivity index (χ4n) is 2.65. The number of rotatable bonds is 6. The van der Waals surface area contributed by atoms with Crippen LogP contribution < -0.4 is 10.6 Å². The van der Waals surface area contributed by atoms with Crippen molar-refractivity contribution in [2.45, 2.75) is 32.9 Å². The van der Waals surface area contributed by atoms with Crippen molar-refractivity contribution in [3.63, 3.8) is 0 Å². The van der Waals surface area contributed by atoms with Gasteiger partial charge in [0.1, 0.15) is 17.7 Å². The van der Waals surface area contributed by atoms with Crippen molar-refractivity contribution in [3.8, 4) is 0 Å². The van der Waals surface area contributed by atoms with Crippen molar-refractivity contribution in [2.24, 2.45) is 5.92 Å². The van der Waals surface area contributed by atoms with E-state index in [2.05, 4.69) is 10.6 Å². The molecule has 0 radical (unpaired) electrons. The number of hydrogen-bond donors (Lipinski definition) is 2. The van der Waals surface area contributed by atoms with Crippen LogP contribution in [0.4, 0.5) is 8.78 Å². The molecule has 0 aliphatic carbocycles. The van der Waals surface area contributed by atoms with Crippen LogP contribution >= 0.6 is 23.2 Å². The highest BCUT2D eigenvalue weighted by Gasteiger charge is 2.27. The zero-order valence-electron chi connectivity index (χ0n) is 15.5. The molecule has 0 bridgehead atoms.